The first kappa shape index (κ1) is 15.9. The first-order valence-corrected chi connectivity index (χ1v) is 7.72. The summed E-state index contributed by atoms with van der Waals surface area (Å²) in [5.41, 5.74) is 0.696. The van der Waals surface area contributed by atoms with Gasteiger partial charge in [-0.15, -0.1) is 11.8 Å². The molecule has 0 fully saturated rings. The first-order valence-electron chi connectivity index (χ1n) is 6.50. The number of esters is 1. The Hall–Kier alpha value is -2.47. The molecule has 1 aromatic carbocycles. The molecule has 0 saturated heterocycles. The molecule has 1 aromatic heterocycles. The number of para-hydroxylation sites is 1. The highest BCUT2D eigenvalue weighted by Crippen LogP contribution is 2.24. The van der Waals surface area contributed by atoms with Crippen LogP contribution in [0.3, 0.4) is 0 Å². The van der Waals surface area contributed by atoms with Crippen molar-refractivity contribution < 1.29 is 18.7 Å². The number of anilines is 1. The van der Waals surface area contributed by atoms with E-state index < -0.39 is 5.97 Å². The Bertz CT molecular complexity index is 665. The van der Waals surface area contributed by atoms with Crippen molar-refractivity contribution in [2.24, 2.45) is 0 Å². The molecule has 114 valence electrons. The van der Waals surface area contributed by atoms with Gasteiger partial charge in [0.2, 0.25) is 0 Å². The molecule has 0 aliphatic rings. The molecular formula is C16H15NO4S. The summed E-state index contributed by atoms with van der Waals surface area (Å²) in [4.78, 5) is 24.2. The van der Waals surface area contributed by atoms with E-state index in [9.17, 15) is 9.59 Å². The number of amides is 1. The lowest BCUT2D eigenvalue weighted by Crippen LogP contribution is -2.20. The van der Waals surface area contributed by atoms with Gasteiger partial charge in [0.15, 0.2) is 6.61 Å². The van der Waals surface area contributed by atoms with E-state index in [-0.39, 0.29) is 12.5 Å². The summed E-state index contributed by atoms with van der Waals surface area (Å²) in [5, 5.41) is 2.71. The lowest BCUT2D eigenvalue weighted by Gasteiger charge is -2.08. The normalized spacial score (nSPS) is 10.6. The number of ether oxygens (including phenoxy) is 1. The molecular weight excluding hydrogens is 302 g/mol. The van der Waals surface area contributed by atoms with Crippen LogP contribution >= 0.6 is 11.8 Å². The molecule has 22 heavy (non-hydrogen) atoms. The minimum atomic E-state index is -0.607. The molecule has 6 heteroatoms. The zero-order valence-electron chi connectivity index (χ0n) is 11.9. The molecule has 0 aliphatic carbocycles. The smallest absolute Gasteiger partial charge is 0.331 e. The van der Waals surface area contributed by atoms with E-state index in [2.05, 4.69) is 5.32 Å². The van der Waals surface area contributed by atoms with Crippen molar-refractivity contribution in [1.82, 2.24) is 0 Å². The highest BCUT2D eigenvalue weighted by Gasteiger charge is 2.08. The van der Waals surface area contributed by atoms with Gasteiger partial charge in [-0.3, -0.25) is 4.79 Å². The van der Waals surface area contributed by atoms with Gasteiger partial charge in [0.05, 0.1) is 12.0 Å². The van der Waals surface area contributed by atoms with E-state index in [1.54, 1.807) is 18.2 Å². The Balaban J connectivity index is 1.81. The summed E-state index contributed by atoms with van der Waals surface area (Å²) in [6.45, 7) is -0.343. The van der Waals surface area contributed by atoms with Crippen LogP contribution in [0.2, 0.25) is 0 Å². The fraction of sp³-hybridized carbons (Fsp3) is 0.125. The topological polar surface area (TPSA) is 68.5 Å². The minimum Gasteiger partial charge on any atom is -0.465 e. The number of benzene rings is 1. The quantitative estimate of drug-likeness (QED) is 0.503. The number of hydrogen-bond acceptors (Lipinski definition) is 5. The maximum Gasteiger partial charge on any atom is 0.331 e. The Kier molecular flexibility index (Phi) is 5.85. The Morgan fingerprint density at radius 2 is 2.09 bits per heavy atom. The molecule has 0 radical (unpaired) electrons. The highest BCUT2D eigenvalue weighted by molar-refractivity contribution is 7.98. The number of thioether (sulfide) groups is 1. The summed E-state index contributed by atoms with van der Waals surface area (Å²) < 4.78 is 9.90. The number of furan rings is 1. The molecule has 1 N–H and O–H groups in total. The second-order valence-electron chi connectivity index (χ2n) is 4.20. The first-order chi connectivity index (χ1) is 10.7. The molecule has 0 saturated carbocycles. The van der Waals surface area contributed by atoms with Crippen LogP contribution < -0.4 is 5.32 Å². The molecule has 1 amide bonds. The number of rotatable bonds is 6. The van der Waals surface area contributed by atoms with Gasteiger partial charge in [0.1, 0.15) is 5.76 Å². The van der Waals surface area contributed by atoms with Crippen LogP contribution in [0.25, 0.3) is 6.08 Å². The van der Waals surface area contributed by atoms with Gasteiger partial charge in [-0.25, -0.2) is 4.79 Å². The average molecular weight is 317 g/mol. The van der Waals surface area contributed by atoms with Gasteiger partial charge in [-0.1, -0.05) is 12.1 Å². The number of nitrogens with one attached hydrogen (secondary N) is 1. The third-order valence-electron chi connectivity index (χ3n) is 2.65. The number of carbonyl (C=O) groups is 2. The van der Waals surface area contributed by atoms with E-state index in [4.69, 9.17) is 9.15 Å². The van der Waals surface area contributed by atoms with Crippen molar-refractivity contribution in [3.8, 4) is 0 Å². The summed E-state index contributed by atoms with van der Waals surface area (Å²) in [7, 11) is 0. The minimum absolute atomic E-state index is 0.343. The van der Waals surface area contributed by atoms with Gasteiger partial charge in [-0.05, 0) is 36.6 Å². The molecule has 0 bridgehead atoms. The Labute approximate surface area is 132 Å². The lowest BCUT2D eigenvalue weighted by molar-refractivity contribution is -0.142. The molecule has 0 unspecified atom stereocenters. The molecule has 5 nitrogen and oxygen atoms in total. The van der Waals surface area contributed by atoms with Crippen LogP contribution in [0, 0.1) is 0 Å². The van der Waals surface area contributed by atoms with Crippen molar-refractivity contribution >= 4 is 35.4 Å². The monoisotopic (exact) mass is 317 g/mol. The number of hydrogen-bond donors (Lipinski definition) is 1. The summed E-state index contributed by atoms with van der Waals surface area (Å²) in [5.74, 6) is -0.457. The lowest BCUT2D eigenvalue weighted by atomic mass is 10.3. The van der Waals surface area contributed by atoms with Gasteiger partial charge in [-0.2, -0.15) is 0 Å². The Morgan fingerprint density at radius 3 is 2.82 bits per heavy atom. The molecule has 0 spiro atoms. The average Bonchev–Trinajstić information content (AvgIpc) is 3.05. The van der Waals surface area contributed by atoms with Gasteiger partial charge in [0.25, 0.3) is 5.91 Å². The van der Waals surface area contributed by atoms with Gasteiger partial charge < -0.3 is 14.5 Å². The van der Waals surface area contributed by atoms with E-state index in [1.807, 2.05) is 24.5 Å². The molecule has 2 rings (SSSR count). The Morgan fingerprint density at radius 1 is 1.27 bits per heavy atom. The summed E-state index contributed by atoms with van der Waals surface area (Å²) >= 11 is 1.52. The second-order valence-corrected chi connectivity index (χ2v) is 5.05. The van der Waals surface area contributed by atoms with Crippen LogP contribution in [0.4, 0.5) is 5.69 Å². The van der Waals surface area contributed by atoms with Crippen molar-refractivity contribution in [1.29, 1.82) is 0 Å². The van der Waals surface area contributed by atoms with E-state index >= 15 is 0 Å². The zero-order valence-corrected chi connectivity index (χ0v) is 12.8. The fourth-order valence-electron chi connectivity index (χ4n) is 1.66. The molecule has 0 aliphatic heterocycles. The van der Waals surface area contributed by atoms with Crippen LogP contribution in [0.5, 0.6) is 0 Å². The van der Waals surface area contributed by atoms with Crippen molar-refractivity contribution in [2.45, 2.75) is 4.90 Å². The van der Waals surface area contributed by atoms with Gasteiger partial charge in [0, 0.05) is 11.0 Å². The molecule has 2 aromatic rings. The predicted octanol–water partition coefficient (Wildman–Crippen LogP) is 3.20. The van der Waals surface area contributed by atoms with E-state index in [0.717, 1.165) is 4.90 Å². The van der Waals surface area contributed by atoms with Crippen LogP contribution in [-0.4, -0.2) is 24.7 Å². The second kappa shape index (κ2) is 8.09. The predicted molar refractivity (Wildman–Crippen MR) is 85.6 cm³/mol. The third-order valence-corrected chi connectivity index (χ3v) is 3.45. The van der Waals surface area contributed by atoms with Crippen LogP contribution in [0.1, 0.15) is 5.76 Å². The summed E-state index contributed by atoms with van der Waals surface area (Å²) in [6.07, 6.45) is 6.11. The van der Waals surface area contributed by atoms with Crippen LogP contribution in [0.15, 0.2) is 58.1 Å². The fourth-order valence-corrected chi connectivity index (χ4v) is 2.21. The number of carbonyl (C=O) groups excluding carboxylic acids is 2. The maximum absolute atomic E-state index is 11.8. The van der Waals surface area contributed by atoms with Gasteiger partial charge >= 0.3 is 5.97 Å². The zero-order chi connectivity index (χ0) is 15.8. The highest BCUT2D eigenvalue weighted by atomic mass is 32.2. The van der Waals surface area contributed by atoms with Crippen molar-refractivity contribution in [3.05, 3.63) is 54.5 Å². The third kappa shape index (κ3) is 4.82. The SMILES string of the molecule is CSc1ccccc1NC(=O)COC(=O)C=Cc1ccco1. The van der Waals surface area contributed by atoms with E-state index in [0.29, 0.717) is 11.4 Å². The van der Waals surface area contributed by atoms with Crippen LogP contribution in [-0.2, 0) is 14.3 Å². The maximum atomic E-state index is 11.8. The molecule has 0 atom stereocenters. The largest absolute Gasteiger partial charge is 0.465 e. The van der Waals surface area contributed by atoms with Crippen molar-refractivity contribution in [2.75, 3.05) is 18.2 Å². The summed E-state index contributed by atoms with van der Waals surface area (Å²) in [6, 6.07) is 10.8. The van der Waals surface area contributed by atoms with E-state index in [1.165, 1.54) is 30.2 Å². The molecule has 1 heterocycles. The standard InChI is InChI=1S/C16H15NO4S/c1-22-14-7-3-2-6-13(14)17-15(18)11-21-16(19)9-8-12-5-4-10-20-12/h2-10H,11H2,1H3,(H,17,18). The van der Waals surface area contributed by atoms with Crippen molar-refractivity contribution in [3.63, 3.8) is 0 Å².